The van der Waals surface area contributed by atoms with Crippen molar-refractivity contribution in [1.82, 2.24) is 15.1 Å². The molecule has 192 valence electrons. The molecule has 0 saturated carbocycles. The number of nitrogens with one attached hydrogen (secondary N) is 2. The highest BCUT2D eigenvalue weighted by Gasteiger charge is 2.38. The van der Waals surface area contributed by atoms with Gasteiger partial charge in [0.25, 0.3) is 0 Å². The Hall–Kier alpha value is -3.23. The molecule has 0 atom stereocenters. The summed E-state index contributed by atoms with van der Waals surface area (Å²) >= 11 is 0. The summed E-state index contributed by atoms with van der Waals surface area (Å²) in [5.74, 6) is -3.46. The first-order valence-electron chi connectivity index (χ1n) is 9.74. The Morgan fingerprint density at radius 3 is 1.97 bits per heavy atom. The number of hydrogen-bond acceptors (Lipinski definition) is 6. The summed E-state index contributed by atoms with van der Waals surface area (Å²) in [6.45, 7) is 7.27. The van der Waals surface area contributed by atoms with Crippen molar-refractivity contribution >= 4 is 17.8 Å². The first kappa shape index (κ1) is 28.8. The van der Waals surface area contributed by atoms with Crippen LogP contribution in [0.4, 0.5) is 32.2 Å². The van der Waals surface area contributed by atoms with Gasteiger partial charge in [-0.25, -0.2) is 9.59 Å². The second kappa shape index (κ2) is 12.3. The Morgan fingerprint density at radius 2 is 1.62 bits per heavy atom. The molecule has 3 rings (SSSR count). The smallest absolute Gasteiger partial charge is 0.475 e. The lowest BCUT2D eigenvalue weighted by Gasteiger charge is -2.31. The quantitative estimate of drug-likeness (QED) is 0.462. The second-order valence-electron chi connectivity index (χ2n) is 7.20. The minimum atomic E-state index is -5.08. The molecule has 0 amide bonds. The van der Waals surface area contributed by atoms with Gasteiger partial charge in [-0.2, -0.15) is 31.4 Å². The number of H-pyrrole nitrogens is 1. The van der Waals surface area contributed by atoms with Crippen LogP contribution < -0.4 is 5.32 Å². The van der Waals surface area contributed by atoms with Gasteiger partial charge in [-0.15, -0.1) is 0 Å². The third kappa shape index (κ3) is 10.1. The molecular weight excluding hydrogens is 478 g/mol. The zero-order valence-corrected chi connectivity index (χ0v) is 18.1. The molecule has 9 nitrogen and oxygen atoms in total. The molecule has 1 aliphatic heterocycles. The van der Waals surface area contributed by atoms with Crippen molar-refractivity contribution in [3.05, 3.63) is 35.4 Å². The van der Waals surface area contributed by atoms with Crippen molar-refractivity contribution in [1.29, 1.82) is 0 Å². The highest BCUT2D eigenvalue weighted by Crippen LogP contribution is 2.20. The fourth-order valence-electron chi connectivity index (χ4n) is 2.68. The van der Waals surface area contributed by atoms with E-state index in [4.69, 9.17) is 24.2 Å². The van der Waals surface area contributed by atoms with E-state index in [-0.39, 0.29) is 0 Å². The van der Waals surface area contributed by atoms with Crippen molar-refractivity contribution < 1.29 is 50.6 Å². The Labute approximate surface area is 189 Å². The maximum Gasteiger partial charge on any atom is 0.490 e. The average Bonchev–Trinajstić information content (AvgIpc) is 3.34. The number of rotatable bonds is 4. The first-order valence-corrected chi connectivity index (χ1v) is 9.74. The van der Waals surface area contributed by atoms with E-state index in [9.17, 15) is 26.3 Å². The molecule has 1 saturated heterocycles. The zero-order valence-electron chi connectivity index (χ0n) is 18.1. The van der Waals surface area contributed by atoms with Crippen LogP contribution in [0.15, 0.2) is 22.8 Å². The molecule has 2 aromatic rings. The molecule has 4 N–H and O–H groups in total. The van der Waals surface area contributed by atoms with Gasteiger partial charge in [-0.1, -0.05) is 0 Å². The summed E-state index contributed by atoms with van der Waals surface area (Å²) in [4.78, 5) is 20.2. The number of aliphatic carboxylic acids is 2. The Kier molecular flexibility index (Phi) is 10.4. The maximum absolute atomic E-state index is 10.6. The van der Waals surface area contributed by atoms with E-state index in [1.54, 1.807) is 6.26 Å². The third-order valence-corrected chi connectivity index (χ3v) is 4.63. The molecule has 0 spiro atoms. The highest BCUT2D eigenvalue weighted by molar-refractivity contribution is 5.73. The SMILES string of the molecule is Cc1[nH]nc(NC2CCN(Cc3ccco3)CC2)c1C.O=C(O)C(F)(F)F.O=C(O)C(F)(F)F. The van der Waals surface area contributed by atoms with Gasteiger partial charge < -0.3 is 19.9 Å². The fourth-order valence-corrected chi connectivity index (χ4v) is 2.68. The summed E-state index contributed by atoms with van der Waals surface area (Å²) in [7, 11) is 0. The molecular formula is C19H24F6N4O5. The minimum absolute atomic E-state index is 0.518. The maximum atomic E-state index is 10.6. The number of carbonyl (C=O) groups is 2. The summed E-state index contributed by atoms with van der Waals surface area (Å²) in [5, 5.41) is 25.2. The number of alkyl halides is 6. The number of carboxylic acid groups (broad SMARTS) is 2. The van der Waals surface area contributed by atoms with Crippen LogP contribution in [0.1, 0.15) is 29.9 Å². The van der Waals surface area contributed by atoms with Crippen LogP contribution in [0.2, 0.25) is 0 Å². The van der Waals surface area contributed by atoms with Crippen LogP contribution >= 0.6 is 0 Å². The molecule has 0 unspecified atom stereocenters. The van der Waals surface area contributed by atoms with Crippen molar-refractivity contribution in [2.45, 2.75) is 51.6 Å². The molecule has 0 aromatic carbocycles. The zero-order chi connectivity index (χ0) is 26.1. The lowest BCUT2D eigenvalue weighted by molar-refractivity contribution is -0.193. The number of carboxylic acids is 2. The molecule has 0 radical (unpaired) electrons. The van der Waals surface area contributed by atoms with E-state index in [1.807, 2.05) is 12.1 Å². The molecule has 2 aromatic heterocycles. The Bertz CT molecular complexity index is 879. The summed E-state index contributed by atoms with van der Waals surface area (Å²) in [6, 6.07) is 4.51. The average molecular weight is 502 g/mol. The topological polar surface area (TPSA) is 132 Å². The fraction of sp³-hybridized carbons (Fsp3) is 0.526. The number of furan rings is 1. The predicted molar refractivity (Wildman–Crippen MR) is 106 cm³/mol. The normalized spacial score (nSPS) is 14.9. The second-order valence-corrected chi connectivity index (χ2v) is 7.20. The largest absolute Gasteiger partial charge is 0.490 e. The molecule has 15 heteroatoms. The minimum Gasteiger partial charge on any atom is -0.475 e. The van der Waals surface area contributed by atoms with Crippen molar-refractivity contribution in [2.75, 3.05) is 18.4 Å². The number of anilines is 1. The molecule has 1 fully saturated rings. The lowest BCUT2D eigenvalue weighted by Crippen LogP contribution is -2.38. The summed E-state index contributed by atoms with van der Waals surface area (Å²) in [6.07, 6.45) is -6.13. The number of nitrogens with zero attached hydrogens (tertiary/aromatic N) is 2. The standard InChI is InChI=1S/C15H22N4O.2C2HF3O2/c1-11-12(2)17-18-15(11)16-13-5-7-19(8-6-13)10-14-4-3-9-20-14;2*3-2(4,5)1(6)7/h3-4,9,13H,5-8,10H2,1-2H3,(H2,16,17,18);2*(H,6,7). The summed E-state index contributed by atoms with van der Waals surface area (Å²) < 4.78 is 68.9. The molecule has 0 aliphatic carbocycles. The number of likely N-dealkylation sites (tertiary alicyclic amines) is 1. The van der Waals surface area contributed by atoms with Gasteiger partial charge in [0.1, 0.15) is 5.76 Å². The van der Waals surface area contributed by atoms with E-state index < -0.39 is 24.3 Å². The Balaban J connectivity index is 0.000000343. The van der Waals surface area contributed by atoms with Crippen LogP contribution in [0.3, 0.4) is 0 Å². The van der Waals surface area contributed by atoms with Gasteiger partial charge in [0.2, 0.25) is 0 Å². The monoisotopic (exact) mass is 502 g/mol. The van der Waals surface area contributed by atoms with Crippen molar-refractivity contribution in [2.24, 2.45) is 0 Å². The van der Waals surface area contributed by atoms with Crippen LogP contribution in [0.25, 0.3) is 0 Å². The number of aryl methyl sites for hydroxylation is 1. The number of aromatic nitrogens is 2. The number of aromatic amines is 1. The van der Waals surface area contributed by atoms with Crippen LogP contribution in [0, 0.1) is 13.8 Å². The Morgan fingerprint density at radius 1 is 1.12 bits per heavy atom. The van der Waals surface area contributed by atoms with Gasteiger partial charge in [-0.3, -0.25) is 10.00 Å². The van der Waals surface area contributed by atoms with E-state index in [0.29, 0.717) is 6.04 Å². The third-order valence-electron chi connectivity index (χ3n) is 4.63. The van der Waals surface area contributed by atoms with E-state index in [2.05, 4.69) is 34.3 Å². The molecule has 1 aliphatic rings. The van der Waals surface area contributed by atoms with E-state index in [0.717, 1.165) is 49.7 Å². The molecule has 3 heterocycles. The lowest BCUT2D eigenvalue weighted by atomic mass is 10.0. The van der Waals surface area contributed by atoms with Crippen molar-refractivity contribution in [3.63, 3.8) is 0 Å². The number of halogens is 6. The predicted octanol–water partition coefficient (Wildman–Crippen LogP) is 3.96. The van der Waals surface area contributed by atoms with Gasteiger partial charge in [0, 0.05) is 30.4 Å². The number of piperidine rings is 1. The van der Waals surface area contributed by atoms with E-state index >= 15 is 0 Å². The van der Waals surface area contributed by atoms with Crippen molar-refractivity contribution in [3.8, 4) is 0 Å². The van der Waals surface area contributed by atoms with Gasteiger partial charge in [0.15, 0.2) is 5.82 Å². The van der Waals surface area contributed by atoms with E-state index in [1.165, 1.54) is 5.56 Å². The first-order chi connectivity index (χ1) is 15.6. The molecule has 0 bridgehead atoms. The number of hydrogen-bond donors (Lipinski definition) is 4. The van der Waals surface area contributed by atoms with Gasteiger partial charge in [-0.05, 0) is 38.8 Å². The van der Waals surface area contributed by atoms with Gasteiger partial charge >= 0.3 is 24.3 Å². The summed E-state index contributed by atoms with van der Waals surface area (Å²) in [5.41, 5.74) is 2.37. The van der Waals surface area contributed by atoms with Gasteiger partial charge in [0.05, 0.1) is 12.8 Å². The highest BCUT2D eigenvalue weighted by atomic mass is 19.4. The van der Waals surface area contributed by atoms with Crippen LogP contribution in [-0.4, -0.2) is 68.7 Å². The van der Waals surface area contributed by atoms with Crippen LogP contribution in [-0.2, 0) is 16.1 Å². The molecule has 34 heavy (non-hydrogen) atoms. The van der Waals surface area contributed by atoms with Crippen LogP contribution in [0.5, 0.6) is 0 Å².